The molecule has 0 saturated carbocycles. The van der Waals surface area contributed by atoms with Crippen LogP contribution < -0.4 is 0 Å². The normalized spacial score (nSPS) is 12.3. The maximum atomic E-state index is 12.1. The van der Waals surface area contributed by atoms with Crippen LogP contribution in [0.5, 0.6) is 0 Å². The van der Waals surface area contributed by atoms with Crippen molar-refractivity contribution in [2.45, 2.75) is 18.2 Å². The quantitative estimate of drug-likeness (QED) is 0.518. The first-order valence-corrected chi connectivity index (χ1v) is 7.63. The summed E-state index contributed by atoms with van der Waals surface area (Å²) in [7, 11) is 1.81. The van der Waals surface area contributed by atoms with Crippen LogP contribution in [-0.2, 0) is 0 Å². The van der Waals surface area contributed by atoms with Crippen LogP contribution in [0.3, 0.4) is 0 Å². The second-order valence-corrected chi connectivity index (χ2v) is 7.06. The molecule has 2 nitrogen and oxygen atoms in total. The zero-order valence-electron chi connectivity index (χ0n) is 9.71. The number of hydrogen-bond donors (Lipinski definition) is 0. The minimum absolute atomic E-state index is 0.0106. The number of halogens is 3. The van der Waals surface area contributed by atoms with Crippen LogP contribution in [-0.4, -0.2) is 29.2 Å². The molecule has 0 fully saturated rings. The maximum absolute atomic E-state index is 12.1. The van der Waals surface area contributed by atoms with Gasteiger partial charge in [-0.3, -0.25) is 4.79 Å². The first-order valence-electron chi connectivity index (χ1n) is 5.26. The first-order chi connectivity index (χ1) is 7.91. The van der Waals surface area contributed by atoms with Gasteiger partial charge in [0.1, 0.15) is 0 Å². The topological polar surface area (TPSA) is 20.3 Å². The minimum atomic E-state index is 0.0106. The van der Waals surface area contributed by atoms with E-state index in [4.69, 9.17) is 11.6 Å². The number of carbonyl (C=O) groups is 1. The summed E-state index contributed by atoms with van der Waals surface area (Å²) in [6, 6.07) is 5.39. The van der Waals surface area contributed by atoms with Gasteiger partial charge in [0, 0.05) is 27.6 Å². The zero-order chi connectivity index (χ0) is 13.0. The predicted molar refractivity (Wildman–Crippen MR) is 84.1 cm³/mol. The molecule has 1 aromatic rings. The lowest BCUT2D eigenvalue weighted by molar-refractivity contribution is 0.0794. The smallest absolute Gasteiger partial charge is 0.253 e. The van der Waals surface area contributed by atoms with E-state index in [-0.39, 0.29) is 5.91 Å². The highest BCUT2D eigenvalue weighted by Gasteiger charge is 2.13. The van der Waals surface area contributed by atoms with Crippen LogP contribution >= 0.6 is 50.1 Å². The monoisotopic (exact) mass is 429 g/mol. The first kappa shape index (κ1) is 15.2. The Morgan fingerprint density at radius 2 is 2.24 bits per heavy atom. The second-order valence-electron chi connectivity index (χ2n) is 3.93. The molecule has 1 unspecified atom stereocenters. The third-order valence-electron chi connectivity index (χ3n) is 2.38. The van der Waals surface area contributed by atoms with Crippen molar-refractivity contribution in [3.63, 3.8) is 0 Å². The Labute approximate surface area is 129 Å². The van der Waals surface area contributed by atoms with E-state index in [9.17, 15) is 4.79 Å². The van der Waals surface area contributed by atoms with Crippen molar-refractivity contribution in [3.8, 4) is 0 Å². The van der Waals surface area contributed by atoms with Gasteiger partial charge in [0.15, 0.2) is 0 Å². The highest BCUT2D eigenvalue weighted by atomic mass is 127. The molecular weight excluding hydrogens is 416 g/mol. The predicted octanol–water partition coefficient (Wildman–Crippen LogP) is 4.19. The standard InChI is InChI=1S/C12H14BrClINO/c1-8(13)5-6-16(2)12(17)9-3-4-11(15)10(14)7-9/h3-4,7-8H,5-6H2,1-2H3. The molecule has 0 saturated heterocycles. The van der Waals surface area contributed by atoms with Crippen molar-refractivity contribution in [2.75, 3.05) is 13.6 Å². The summed E-state index contributed by atoms with van der Waals surface area (Å²) in [6.07, 6.45) is 0.931. The van der Waals surface area contributed by atoms with Crippen molar-refractivity contribution in [1.82, 2.24) is 4.90 Å². The molecule has 94 valence electrons. The van der Waals surface area contributed by atoms with Gasteiger partial charge in [0.05, 0.1) is 5.02 Å². The summed E-state index contributed by atoms with van der Waals surface area (Å²) in [5.74, 6) is 0.0106. The van der Waals surface area contributed by atoms with Gasteiger partial charge in [-0.15, -0.1) is 0 Å². The zero-order valence-corrected chi connectivity index (χ0v) is 14.2. The molecule has 5 heteroatoms. The fourth-order valence-corrected chi connectivity index (χ4v) is 2.04. The minimum Gasteiger partial charge on any atom is -0.342 e. The van der Waals surface area contributed by atoms with Gasteiger partial charge in [0.25, 0.3) is 5.91 Å². The molecule has 0 radical (unpaired) electrons. The molecule has 17 heavy (non-hydrogen) atoms. The molecule has 0 heterocycles. The lowest BCUT2D eigenvalue weighted by Crippen LogP contribution is -2.28. The Bertz CT molecular complexity index is 411. The average molecular weight is 431 g/mol. The summed E-state index contributed by atoms with van der Waals surface area (Å²) in [4.78, 5) is 14.2. The molecule has 0 bridgehead atoms. The summed E-state index contributed by atoms with van der Waals surface area (Å²) < 4.78 is 0.956. The molecule has 1 amide bonds. The molecule has 0 spiro atoms. The van der Waals surface area contributed by atoms with E-state index < -0.39 is 0 Å². The SMILES string of the molecule is CC(Br)CCN(C)C(=O)c1ccc(I)c(Cl)c1. The van der Waals surface area contributed by atoms with E-state index in [1.165, 1.54) is 0 Å². The van der Waals surface area contributed by atoms with Crippen LogP contribution in [0.25, 0.3) is 0 Å². The number of alkyl halides is 1. The second kappa shape index (κ2) is 6.95. The van der Waals surface area contributed by atoms with E-state index in [0.717, 1.165) is 16.5 Å². The fraction of sp³-hybridized carbons (Fsp3) is 0.417. The number of hydrogen-bond acceptors (Lipinski definition) is 1. The van der Waals surface area contributed by atoms with Crippen molar-refractivity contribution in [2.24, 2.45) is 0 Å². The molecule has 0 aromatic heterocycles. The van der Waals surface area contributed by atoms with Gasteiger partial charge in [-0.1, -0.05) is 34.5 Å². The maximum Gasteiger partial charge on any atom is 0.253 e. The summed E-state index contributed by atoms with van der Waals surface area (Å²) >= 11 is 11.6. The lowest BCUT2D eigenvalue weighted by Gasteiger charge is -2.18. The summed E-state index contributed by atoms with van der Waals surface area (Å²) in [6.45, 7) is 2.80. The van der Waals surface area contributed by atoms with E-state index >= 15 is 0 Å². The third-order valence-corrected chi connectivity index (χ3v) is 4.41. The molecule has 0 aliphatic heterocycles. The number of rotatable bonds is 4. The van der Waals surface area contributed by atoms with Crippen molar-refractivity contribution >= 4 is 56.0 Å². The highest BCUT2D eigenvalue weighted by molar-refractivity contribution is 14.1. The Kier molecular flexibility index (Phi) is 6.23. The number of benzene rings is 1. The molecule has 1 aromatic carbocycles. The van der Waals surface area contributed by atoms with Crippen LogP contribution in [0.15, 0.2) is 18.2 Å². The molecule has 0 N–H and O–H groups in total. The van der Waals surface area contributed by atoms with Crippen LogP contribution in [0.1, 0.15) is 23.7 Å². The Morgan fingerprint density at radius 1 is 1.59 bits per heavy atom. The van der Waals surface area contributed by atoms with Gasteiger partial charge >= 0.3 is 0 Å². The van der Waals surface area contributed by atoms with E-state index in [2.05, 4.69) is 45.4 Å². The largest absolute Gasteiger partial charge is 0.342 e. The molecule has 1 rings (SSSR count). The molecule has 0 aliphatic carbocycles. The fourth-order valence-electron chi connectivity index (χ4n) is 1.32. The summed E-state index contributed by atoms with van der Waals surface area (Å²) in [5, 5.41) is 0.624. The van der Waals surface area contributed by atoms with Gasteiger partial charge in [0.2, 0.25) is 0 Å². The van der Waals surface area contributed by atoms with E-state index in [0.29, 0.717) is 15.4 Å². The van der Waals surface area contributed by atoms with Gasteiger partial charge in [-0.05, 0) is 47.2 Å². The van der Waals surface area contributed by atoms with Gasteiger partial charge in [-0.2, -0.15) is 0 Å². The van der Waals surface area contributed by atoms with Gasteiger partial charge in [-0.25, -0.2) is 0 Å². The Hall–Kier alpha value is 0.190. The van der Waals surface area contributed by atoms with Crippen LogP contribution in [0.4, 0.5) is 0 Å². The van der Waals surface area contributed by atoms with Crippen molar-refractivity contribution in [3.05, 3.63) is 32.4 Å². The summed E-state index contributed by atoms with van der Waals surface area (Å²) in [5.41, 5.74) is 0.639. The average Bonchev–Trinajstić information content (AvgIpc) is 2.28. The molecular formula is C12H14BrClINO. The third kappa shape index (κ3) is 4.75. The van der Waals surface area contributed by atoms with E-state index in [1.54, 1.807) is 11.0 Å². The van der Waals surface area contributed by atoms with Crippen molar-refractivity contribution < 1.29 is 4.79 Å². The lowest BCUT2D eigenvalue weighted by atomic mass is 10.2. The van der Waals surface area contributed by atoms with Crippen LogP contribution in [0.2, 0.25) is 5.02 Å². The number of nitrogens with zero attached hydrogens (tertiary/aromatic N) is 1. The highest BCUT2D eigenvalue weighted by Crippen LogP contribution is 2.20. The Morgan fingerprint density at radius 3 is 2.76 bits per heavy atom. The number of carbonyl (C=O) groups excluding carboxylic acids is 1. The van der Waals surface area contributed by atoms with Crippen LogP contribution in [0, 0.1) is 3.57 Å². The Balaban J connectivity index is 2.71. The number of amides is 1. The van der Waals surface area contributed by atoms with Gasteiger partial charge < -0.3 is 4.90 Å². The van der Waals surface area contributed by atoms with E-state index in [1.807, 2.05) is 19.2 Å². The van der Waals surface area contributed by atoms with Crippen molar-refractivity contribution in [1.29, 1.82) is 0 Å². The molecule has 1 atom stereocenters. The molecule has 0 aliphatic rings.